The highest BCUT2D eigenvalue weighted by Crippen LogP contribution is 2.52. The number of hydrogen-bond donors (Lipinski definition) is 5. The summed E-state index contributed by atoms with van der Waals surface area (Å²) >= 11 is 0. The molecule has 14 heteroatoms. The van der Waals surface area contributed by atoms with Crippen molar-refractivity contribution in [2.24, 2.45) is 11.8 Å². The lowest BCUT2D eigenvalue weighted by Crippen LogP contribution is -2.57. The van der Waals surface area contributed by atoms with E-state index in [1.807, 2.05) is 74.5 Å². The fourth-order valence-corrected chi connectivity index (χ4v) is 7.90. The topological polar surface area (TPSA) is 181 Å². The van der Waals surface area contributed by atoms with E-state index in [-0.39, 0.29) is 43.6 Å². The fraction of sp³-hybridized carbons (Fsp3) is 0.600. The summed E-state index contributed by atoms with van der Waals surface area (Å²) in [6, 6.07) is 15.8. The lowest BCUT2D eigenvalue weighted by atomic mass is 9.85. The number of nitrogens with one attached hydrogen (secondary N) is 4. The second-order valence-corrected chi connectivity index (χ2v) is 16.8. The Balaban J connectivity index is 1.61. The Bertz CT molecular complexity index is 1470. The van der Waals surface area contributed by atoms with Crippen LogP contribution in [0.3, 0.4) is 0 Å². The SMILES string of the molecule is COP(=O)(OC)[C@H](O)[C@H](CC1CCCCC1)NC(=O)[C@H](CC(C)C)NC(=O)[C@H](Cc1ccccc1)NC(=O)CCCCCNC(=O)OCc1ccccc1. The van der Waals surface area contributed by atoms with Gasteiger partial charge in [0.05, 0.1) is 6.04 Å². The van der Waals surface area contributed by atoms with Crippen LogP contribution in [0.1, 0.15) is 95.6 Å². The van der Waals surface area contributed by atoms with Gasteiger partial charge in [-0.15, -0.1) is 0 Å². The minimum Gasteiger partial charge on any atom is -0.445 e. The summed E-state index contributed by atoms with van der Waals surface area (Å²) in [5, 5.41) is 22.6. The number of carbonyl (C=O) groups is 4. The van der Waals surface area contributed by atoms with Crippen molar-refractivity contribution < 1.29 is 42.6 Å². The summed E-state index contributed by atoms with van der Waals surface area (Å²) < 4.78 is 28.7. The first-order valence-electron chi connectivity index (χ1n) is 19.2. The molecule has 0 aliphatic heterocycles. The summed E-state index contributed by atoms with van der Waals surface area (Å²) in [6.07, 6.45) is 7.47. The van der Waals surface area contributed by atoms with Gasteiger partial charge in [0.1, 0.15) is 18.7 Å². The average molecular weight is 773 g/mol. The molecule has 0 bridgehead atoms. The van der Waals surface area contributed by atoms with Gasteiger partial charge in [-0.3, -0.25) is 18.9 Å². The maximum Gasteiger partial charge on any atom is 0.407 e. The predicted octanol–water partition coefficient (Wildman–Crippen LogP) is 5.99. The zero-order chi connectivity index (χ0) is 39.3. The highest BCUT2D eigenvalue weighted by Gasteiger charge is 2.41. The maximum absolute atomic E-state index is 13.9. The van der Waals surface area contributed by atoms with Gasteiger partial charge in [0.15, 0.2) is 5.85 Å². The number of benzene rings is 2. The third-order valence-electron chi connectivity index (χ3n) is 9.67. The van der Waals surface area contributed by atoms with Crippen molar-refractivity contribution in [3.8, 4) is 0 Å². The van der Waals surface area contributed by atoms with Crippen molar-refractivity contribution in [1.82, 2.24) is 21.3 Å². The van der Waals surface area contributed by atoms with E-state index in [1.54, 1.807) is 0 Å². The van der Waals surface area contributed by atoms with Gasteiger partial charge in [-0.2, -0.15) is 0 Å². The Hall–Kier alpha value is -3.77. The third-order valence-corrected chi connectivity index (χ3v) is 11.7. The van der Waals surface area contributed by atoms with E-state index in [0.29, 0.717) is 32.2 Å². The number of aliphatic hydroxyl groups is 1. The van der Waals surface area contributed by atoms with Crippen LogP contribution in [0, 0.1) is 11.8 Å². The number of ether oxygens (including phenoxy) is 1. The molecule has 1 fully saturated rings. The smallest absolute Gasteiger partial charge is 0.407 e. The van der Waals surface area contributed by atoms with Crippen molar-refractivity contribution in [2.45, 2.75) is 121 Å². The molecule has 1 saturated carbocycles. The number of alkyl carbamates (subject to hydrolysis) is 1. The molecule has 0 radical (unpaired) electrons. The largest absolute Gasteiger partial charge is 0.445 e. The first-order chi connectivity index (χ1) is 25.9. The number of unbranched alkanes of at least 4 members (excludes halogenated alkanes) is 2. The van der Waals surface area contributed by atoms with Crippen LogP contribution in [0.4, 0.5) is 4.79 Å². The fourth-order valence-electron chi connectivity index (χ4n) is 6.68. The normalized spacial score (nSPS) is 15.7. The first-order valence-corrected chi connectivity index (χ1v) is 20.8. The molecule has 2 aromatic rings. The van der Waals surface area contributed by atoms with E-state index < -0.39 is 49.5 Å². The molecule has 54 heavy (non-hydrogen) atoms. The van der Waals surface area contributed by atoms with Crippen LogP contribution in [0.5, 0.6) is 0 Å². The summed E-state index contributed by atoms with van der Waals surface area (Å²) in [4.78, 5) is 53.0. The molecule has 0 unspecified atom stereocenters. The van der Waals surface area contributed by atoms with E-state index in [1.165, 1.54) is 14.2 Å². The van der Waals surface area contributed by atoms with Crippen LogP contribution in [-0.2, 0) is 45.8 Å². The Morgan fingerprint density at radius 1 is 0.796 bits per heavy atom. The number of carbonyl (C=O) groups excluding carboxylic acids is 4. The lowest BCUT2D eigenvalue weighted by molar-refractivity contribution is -0.132. The summed E-state index contributed by atoms with van der Waals surface area (Å²) in [5.74, 6) is -2.75. The van der Waals surface area contributed by atoms with Crippen LogP contribution in [-0.4, -0.2) is 73.7 Å². The molecular formula is C40H61N4O9P. The van der Waals surface area contributed by atoms with Gasteiger partial charge in [0, 0.05) is 33.6 Å². The molecule has 0 saturated heterocycles. The Morgan fingerprint density at radius 2 is 1.41 bits per heavy atom. The van der Waals surface area contributed by atoms with Gasteiger partial charge in [0.2, 0.25) is 17.7 Å². The number of aliphatic hydroxyl groups excluding tert-OH is 1. The monoisotopic (exact) mass is 772 g/mol. The number of hydrogen-bond acceptors (Lipinski definition) is 9. The molecule has 13 nitrogen and oxygen atoms in total. The summed E-state index contributed by atoms with van der Waals surface area (Å²) in [6.45, 7) is 4.44. The molecule has 3 rings (SSSR count). The first kappa shape index (κ1) is 44.6. The molecular weight excluding hydrogens is 711 g/mol. The molecule has 0 aromatic heterocycles. The quantitative estimate of drug-likeness (QED) is 0.0670. The zero-order valence-corrected chi connectivity index (χ0v) is 33.2. The predicted molar refractivity (Wildman–Crippen MR) is 207 cm³/mol. The van der Waals surface area contributed by atoms with Crippen LogP contribution in [0.2, 0.25) is 0 Å². The standard InChI is InChI=1S/C40H61N4O9P/c1-29(2)25-33(37(46)44-35(27-31-19-11-6-12-20-31)39(48)54(50,51-3)52-4)43-38(47)34(26-30-17-9-5-10-18-30)42-36(45)23-15-8-16-24-41-40(49)53-28-32-21-13-7-14-22-32/h5,7,9-10,13-14,17-18,21-22,29,31,33-35,39,48H,6,8,11-12,15-16,19-20,23-28H2,1-4H3,(H,41,49)(H,42,45)(H,43,47)(H,44,46)/t33-,34-,35-,39-/m0/s1. The van der Waals surface area contributed by atoms with Crippen molar-refractivity contribution in [3.05, 3.63) is 71.8 Å². The van der Waals surface area contributed by atoms with E-state index >= 15 is 0 Å². The molecule has 1 aliphatic rings. The molecule has 4 atom stereocenters. The van der Waals surface area contributed by atoms with Crippen molar-refractivity contribution >= 4 is 31.4 Å². The maximum atomic E-state index is 13.9. The molecule has 0 spiro atoms. The van der Waals surface area contributed by atoms with Crippen LogP contribution < -0.4 is 21.3 Å². The molecule has 4 amide bonds. The van der Waals surface area contributed by atoms with Crippen molar-refractivity contribution in [3.63, 3.8) is 0 Å². The Morgan fingerprint density at radius 3 is 2.02 bits per heavy atom. The molecule has 2 aromatic carbocycles. The lowest BCUT2D eigenvalue weighted by Gasteiger charge is -2.33. The molecule has 5 N–H and O–H groups in total. The van der Waals surface area contributed by atoms with Crippen molar-refractivity contribution in [1.29, 1.82) is 0 Å². The van der Waals surface area contributed by atoms with Gasteiger partial charge in [0.25, 0.3) is 0 Å². The second-order valence-electron chi connectivity index (χ2n) is 14.5. The van der Waals surface area contributed by atoms with Gasteiger partial charge in [-0.05, 0) is 48.6 Å². The number of amides is 4. The van der Waals surface area contributed by atoms with Crippen LogP contribution in [0.15, 0.2) is 60.7 Å². The van der Waals surface area contributed by atoms with Gasteiger partial charge >= 0.3 is 13.7 Å². The van der Waals surface area contributed by atoms with Gasteiger partial charge < -0.3 is 40.2 Å². The highest BCUT2D eigenvalue weighted by molar-refractivity contribution is 7.54. The average Bonchev–Trinajstić information content (AvgIpc) is 3.18. The minimum absolute atomic E-state index is 0.00851. The third kappa shape index (κ3) is 15.9. The van der Waals surface area contributed by atoms with Gasteiger partial charge in [-0.25, -0.2) is 4.79 Å². The summed E-state index contributed by atoms with van der Waals surface area (Å²) in [5.41, 5.74) is 1.73. The molecule has 0 heterocycles. The number of rotatable bonds is 23. The Labute approximate surface area is 320 Å². The van der Waals surface area contributed by atoms with E-state index in [9.17, 15) is 28.8 Å². The second kappa shape index (κ2) is 23.9. The van der Waals surface area contributed by atoms with E-state index in [4.69, 9.17) is 13.8 Å². The molecule has 300 valence electrons. The highest BCUT2D eigenvalue weighted by atomic mass is 31.2. The van der Waals surface area contributed by atoms with E-state index in [2.05, 4.69) is 21.3 Å². The zero-order valence-electron chi connectivity index (χ0n) is 32.3. The van der Waals surface area contributed by atoms with Crippen LogP contribution in [0.25, 0.3) is 0 Å². The molecule has 1 aliphatic carbocycles. The van der Waals surface area contributed by atoms with Crippen molar-refractivity contribution in [2.75, 3.05) is 20.8 Å². The summed E-state index contributed by atoms with van der Waals surface area (Å²) in [7, 11) is -1.57. The van der Waals surface area contributed by atoms with E-state index in [0.717, 1.165) is 43.2 Å². The van der Waals surface area contributed by atoms with Gasteiger partial charge in [-0.1, -0.05) is 113 Å². The Kier molecular flexibility index (Phi) is 19.7. The van der Waals surface area contributed by atoms with Crippen LogP contribution >= 0.6 is 7.60 Å². The minimum atomic E-state index is -3.96.